The molecule has 1 aliphatic rings. The summed E-state index contributed by atoms with van der Waals surface area (Å²) in [5.74, 6) is -0.171. The van der Waals surface area contributed by atoms with Crippen LogP contribution in [0.3, 0.4) is 0 Å². The number of nitrogens with zero attached hydrogens (tertiary/aromatic N) is 2. The molecule has 1 N–H and O–H groups in total. The molecule has 1 saturated heterocycles. The standard InChI is InChI=1S/C20H17N3O2S2/c1-14(11-15-7-3-2-4-8-15)12-16-19(25)23(20(26)27-16)13-18(24)22-17-9-5-6-10-21-17/h2-12H,13H2,1H3,(H,21,22,24). The number of carbonyl (C=O) groups is 2. The smallest absolute Gasteiger partial charge is 0.266 e. The first kappa shape index (κ1) is 19.0. The lowest BCUT2D eigenvalue weighted by atomic mass is 10.1. The molecule has 2 amide bonds. The summed E-state index contributed by atoms with van der Waals surface area (Å²) in [5, 5.41) is 2.65. The van der Waals surface area contributed by atoms with Crippen LogP contribution in [0.4, 0.5) is 5.82 Å². The Morgan fingerprint density at radius 2 is 1.96 bits per heavy atom. The van der Waals surface area contributed by atoms with Crippen molar-refractivity contribution in [1.82, 2.24) is 9.88 Å². The van der Waals surface area contributed by atoms with Crippen molar-refractivity contribution < 1.29 is 9.59 Å². The number of thiocarbonyl (C=S) groups is 1. The molecule has 1 aromatic heterocycles. The Morgan fingerprint density at radius 3 is 2.67 bits per heavy atom. The Bertz CT molecular complexity index is 925. The zero-order valence-electron chi connectivity index (χ0n) is 14.6. The summed E-state index contributed by atoms with van der Waals surface area (Å²) in [7, 11) is 0. The fourth-order valence-corrected chi connectivity index (χ4v) is 3.76. The van der Waals surface area contributed by atoms with Crippen molar-refractivity contribution in [3.63, 3.8) is 0 Å². The van der Waals surface area contributed by atoms with Gasteiger partial charge in [-0.25, -0.2) is 4.98 Å². The van der Waals surface area contributed by atoms with E-state index in [1.165, 1.54) is 16.7 Å². The fourth-order valence-electron chi connectivity index (χ4n) is 2.46. The second-order valence-corrected chi connectivity index (χ2v) is 7.51. The molecule has 0 saturated carbocycles. The van der Waals surface area contributed by atoms with Gasteiger partial charge in [0.2, 0.25) is 5.91 Å². The first-order valence-electron chi connectivity index (χ1n) is 8.22. The van der Waals surface area contributed by atoms with Crippen LogP contribution in [0.15, 0.2) is 71.3 Å². The molecule has 0 unspecified atom stereocenters. The summed E-state index contributed by atoms with van der Waals surface area (Å²) in [4.78, 5) is 30.7. The van der Waals surface area contributed by atoms with Gasteiger partial charge in [0.15, 0.2) is 0 Å². The highest BCUT2D eigenvalue weighted by molar-refractivity contribution is 8.26. The molecule has 0 bridgehead atoms. The normalized spacial score (nSPS) is 16.1. The van der Waals surface area contributed by atoms with Gasteiger partial charge in [0.1, 0.15) is 16.7 Å². The Morgan fingerprint density at radius 1 is 1.22 bits per heavy atom. The summed E-state index contributed by atoms with van der Waals surface area (Å²) in [6.07, 6.45) is 5.36. The van der Waals surface area contributed by atoms with Crippen LogP contribution in [-0.2, 0) is 9.59 Å². The quantitative estimate of drug-likeness (QED) is 0.615. The van der Waals surface area contributed by atoms with Gasteiger partial charge in [0, 0.05) is 6.20 Å². The summed E-state index contributed by atoms with van der Waals surface area (Å²) in [5.41, 5.74) is 1.98. The topological polar surface area (TPSA) is 62.3 Å². The monoisotopic (exact) mass is 395 g/mol. The largest absolute Gasteiger partial charge is 0.309 e. The van der Waals surface area contributed by atoms with Crippen molar-refractivity contribution >= 4 is 52.0 Å². The molecular formula is C20H17N3O2S2. The average molecular weight is 396 g/mol. The molecule has 1 aliphatic heterocycles. The number of anilines is 1. The molecular weight excluding hydrogens is 378 g/mol. The lowest BCUT2D eigenvalue weighted by molar-refractivity contribution is -0.126. The van der Waals surface area contributed by atoms with Gasteiger partial charge in [-0.3, -0.25) is 14.5 Å². The van der Waals surface area contributed by atoms with Crippen LogP contribution in [0.1, 0.15) is 12.5 Å². The number of carbonyl (C=O) groups excluding carboxylic acids is 2. The first-order valence-corrected chi connectivity index (χ1v) is 9.45. The zero-order chi connectivity index (χ0) is 19.2. The van der Waals surface area contributed by atoms with Gasteiger partial charge in [-0.05, 0) is 36.3 Å². The maximum absolute atomic E-state index is 12.6. The minimum absolute atomic E-state index is 0.139. The van der Waals surface area contributed by atoms with Crippen molar-refractivity contribution in [2.75, 3.05) is 11.9 Å². The van der Waals surface area contributed by atoms with Crippen LogP contribution in [0.2, 0.25) is 0 Å². The predicted molar refractivity (Wildman–Crippen MR) is 113 cm³/mol. The van der Waals surface area contributed by atoms with E-state index in [-0.39, 0.29) is 18.4 Å². The van der Waals surface area contributed by atoms with Crippen LogP contribution in [-0.4, -0.2) is 32.6 Å². The molecule has 1 fully saturated rings. The fraction of sp³-hybridized carbons (Fsp3) is 0.100. The van der Waals surface area contributed by atoms with Crippen molar-refractivity contribution in [3.8, 4) is 0 Å². The molecule has 7 heteroatoms. The van der Waals surface area contributed by atoms with Crippen molar-refractivity contribution in [3.05, 3.63) is 76.8 Å². The van der Waals surface area contributed by atoms with E-state index in [1.54, 1.807) is 30.5 Å². The molecule has 0 radical (unpaired) electrons. The highest BCUT2D eigenvalue weighted by atomic mass is 32.2. The molecule has 1 aromatic carbocycles. The predicted octanol–water partition coefficient (Wildman–Crippen LogP) is 3.87. The number of hydrogen-bond donors (Lipinski definition) is 1. The number of nitrogens with one attached hydrogen (secondary N) is 1. The second-order valence-electron chi connectivity index (χ2n) is 5.83. The number of rotatable bonds is 5. The minimum Gasteiger partial charge on any atom is -0.309 e. The SMILES string of the molecule is CC(=Cc1ccccc1)C=C1SC(=S)N(CC(=O)Nc2ccccn2)C1=O. The Kier molecular flexibility index (Phi) is 6.16. The zero-order valence-corrected chi connectivity index (χ0v) is 16.2. The third kappa shape index (κ3) is 5.12. The first-order chi connectivity index (χ1) is 13.0. The number of aromatic nitrogens is 1. The van der Waals surface area contributed by atoms with E-state index in [0.29, 0.717) is 15.0 Å². The van der Waals surface area contributed by atoms with E-state index in [0.717, 1.165) is 11.1 Å². The van der Waals surface area contributed by atoms with Gasteiger partial charge in [0.05, 0.1) is 4.91 Å². The van der Waals surface area contributed by atoms with Crippen LogP contribution in [0.5, 0.6) is 0 Å². The number of thioether (sulfide) groups is 1. The lowest BCUT2D eigenvalue weighted by Gasteiger charge is -2.13. The van der Waals surface area contributed by atoms with Gasteiger partial charge < -0.3 is 5.32 Å². The van der Waals surface area contributed by atoms with E-state index in [4.69, 9.17) is 12.2 Å². The number of hydrogen-bond acceptors (Lipinski definition) is 5. The maximum atomic E-state index is 12.6. The van der Waals surface area contributed by atoms with Crippen LogP contribution < -0.4 is 5.32 Å². The molecule has 0 spiro atoms. The summed E-state index contributed by atoms with van der Waals surface area (Å²) in [6.45, 7) is 1.79. The Hall–Kier alpha value is -2.77. The molecule has 0 atom stereocenters. The van der Waals surface area contributed by atoms with Crippen LogP contribution in [0, 0.1) is 0 Å². The number of benzene rings is 1. The number of pyridine rings is 1. The molecule has 2 aromatic rings. The van der Waals surface area contributed by atoms with Gasteiger partial charge in [0.25, 0.3) is 5.91 Å². The molecule has 3 rings (SSSR count). The van der Waals surface area contributed by atoms with Crippen molar-refractivity contribution in [1.29, 1.82) is 0 Å². The Balaban J connectivity index is 1.67. The lowest BCUT2D eigenvalue weighted by Crippen LogP contribution is -2.36. The van der Waals surface area contributed by atoms with Gasteiger partial charge >= 0.3 is 0 Å². The third-order valence-electron chi connectivity index (χ3n) is 3.66. The molecule has 136 valence electrons. The van der Waals surface area contributed by atoms with E-state index in [1.807, 2.05) is 43.3 Å². The van der Waals surface area contributed by atoms with Gasteiger partial charge in [-0.2, -0.15) is 0 Å². The number of allylic oxidation sites excluding steroid dienone is 2. The summed E-state index contributed by atoms with van der Waals surface area (Å²) in [6, 6.07) is 15.1. The van der Waals surface area contributed by atoms with E-state index < -0.39 is 0 Å². The van der Waals surface area contributed by atoms with Gasteiger partial charge in [-0.1, -0.05) is 66.5 Å². The molecule has 5 nitrogen and oxygen atoms in total. The summed E-state index contributed by atoms with van der Waals surface area (Å²) < 4.78 is 0.370. The maximum Gasteiger partial charge on any atom is 0.266 e. The average Bonchev–Trinajstić information content (AvgIpc) is 2.90. The second kappa shape index (κ2) is 8.75. The number of amides is 2. The molecule has 0 aliphatic carbocycles. The highest BCUT2D eigenvalue weighted by Crippen LogP contribution is 2.31. The van der Waals surface area contributed by atoms with Crippen molar-refractivity contribution in [2.24, 2.45) is 0 Å². The van der Waals surface area contributed by atoms with Crippen LogP contribution >= 0.6 is 24.0 Å². The molecule has 2 heterocycles. The van der Waals surface area contributed by atoms with E-state index in [2.05, 4.69) is 10.3 Å². The van der Waals surface area contributed by atoms with Crippen molar-refractivity contribution in [2.45, 2.75) is 6.92 Å². The van der Waals surface area contributed by atoms with E-state index >= 15 is 0 Å². The highest BCUT2D eigenvalue weighted by Gasteiger charge is 2.33. The van der Waals surface area contributed by atoms with Gasteiger partial charge in [-0.15, -0.1) is 0 Å². The minimum atomic E-state index is -0.345. The summed E-state index contributed by atoms with van der Waals surface area (Å²) >= 11 is 6.47. The third-order valence-corrected chi connectivity index (χ3v) is 5.04. The van der Waals surface area contributed by atoms with Crippen LogP contribution in [0.25, 0.3) is 6.08 Å². The van der Waals surface area contributed by atoms with E-state index in [9.17, 15) is 9.59 Å². The Labute approximate surface area is 167 Å². The molecule has 27 heavy (non-hydrogen) atoms.